The highest BCUT2D eigenvalue weighted by atomic mass is 16.5. The third kappa shape index (κ3) is 40.3. The van der Waals surface area contributed by atoms with E-state index < -0.39 is 5.97 Å². The van der Waals surface area contributed by atoms with Crippen LogP contribution in [0.15, 0.2) is 48.6 Å². The summed E-state index contributed by atoms with van der Waals surface area (Å²) >= 11 is 0. The number of carboxylic acid groups (broad SMARTS) is 1. The molecule has 1 N–H and O–H groups in total. The summed E-state index contributed by atoms with van der Waals surface area (Å²) < 4.78 is 6.02. The minimum Gasteiger partial charge on any atom is -0.481 e. The fraction of sp³-hybridized carbons (Fsp3) is 0.783. The van der Waals surface area contributed by atoms with E-state index in [1.807, 2.05) is 0 Å². The molecular weight excluding hydrogens is 617 g/mol. The maximum atomic E-state index is 12.7. The van der Waals surface area contributed by atoms with Gasteiger partial charge in [0.25, 0.3) is 0 Å². The summed E-state index contributed by atoms with van der Waals surface area (Å²) in [6.45, 7) is 4.52. The van der Waals surface area contributed by atoms with Crippen LogP contribution < -0.4 is 0 Å². The Labute approximate surface area is 311 Å². The normalized spacial score (nSPS) is 12.7. The van der Waals surface area contributed by atoms with Gasteiger partial charge < -0.3 is 9.84 Å². The number of carbonyl (C=O) groups excluding carboxylic acids is 1. The molecule has 0 aliphatic heterocycles. The van der Waals surface area contributed by atoms with Crippen molar-refractivity contribution >= 4 is 11.9 Å². The fourth-order valence-electron chi connectivity index (χ4n) is 6.34. The minimum absolute atomic E-state index is 0.00290. The van der Waals surface area contributed by atoms with Crippen LogP contribution in [0.2, 0.25) is 0 Å². The smallest absolute Gasteiger partial charge is 0.306 e. The van der Waals surface area contributed by atoms with Crippen molar-refractivity contribution in [1.29, 1.82) is 0 Å². The lowest BCUT2D eigenvalue weighted by atomic mass is 10.0. The van der Waals surface area contributed by atoms with Gasteiger partial charge in [0, 0.05) is 12.8 Å². The summed E-state index contributed by atoms with van der Waals surface area (Å²) in [4.78, 5) is 23.4. The van der Waals surface area contributed by atoms with Crippen molar-refractivity contribution in [1.82, 2.24) is 0 Å². The van der Waals surface area contributed by atoms with Gasteiger partial charge in [-0.1, -0.05) is 178 Å². The Bertz CT molecular complexity index is 839. The van der Waals surface area contributed by atoms with Crippen LogP contribution in [0, 0.1) is 0 Å². The van der Waals surface area contributed by atoms with E-state index in [9.17, 15) is 9.59 Å². The summed E-state index contributed by atoms with van der Waals surface area (Å²) in [5, 5.41) is 8.80. The van der Waals surface area contributed by atoms with Gasteiger partial charge in [-0.25, -0.2) is 0 Å². The van der Waals surface area contributed by atoms with E-state index in [-0.39, 0.29) is 18.5 Å². The van der Waals surface area contributed by atoms with E-state index in [4.69, 9.17) is 9.84 Å². The minimum atomic E-state index is -0.695. The molecule has 0 radical (unpaired) electrons. The molecule has 0 aromatic carbocycles. The molecule has 0 saturated carbocycles. The highest BCUT2D eigenvalue weighted by Gasteiger charge is 2.14. The number of ether oxygens (including phenoxy) is 1. The lowest BCUT2D eigenvalue weighted by molar-refractivity contribution is -0.150. The van der Waals surface area contributed by atoms with Crippen LogP contribution in [0.1, 0.15) is 226 Å². The van der Waals surface area contributed by atoms with Gasteiger partial charge in [-0.3, -0.25) is 9.59 Å². The van der Waals surface area contributed by atoms with Crippen LogP contribution >= 0.6 is 0 Å². The Hall–Kier alpha value is -2.10. The molecule has 0 heterocycles. The molecule has 4 nitrogen and oxygen atoms in total. The summed E-state index contributed by atoms with van der Waals surface area (Å²) in [7, 11) is 0. The molecule has 0 bridgehead atoms. The van der Waals surface area contributed by atoms with Crippen molar-refractivity contribution in [3.8, 4) is 0 Å². The quantitative estimate of drug-likeness (QED) is 0.0394. The number of carboxylic acids is 1. The Morgan fingerprint density at radius 2 is 0.780 bits per heavy atom. The van der Waals surface area contributed by atoms with Gasteiger partial charge >= 0.3 is 11.9 Å². The van der Waals surface area contributed by atoms with Gasteiger partial charge in [0.2, 0.25) is 0 Å². The molecule has 0 aromatic heterocycles. The number of hydrogen-bond acceptors (Lipinski definition) is 3. The molecule has 290 valence electrons. The lowest BCUT2D eigenvalue weighted by Gasteiger charge is -2.18. The molecule has 0 saturated heterocycles. The SMILES string of the molecule is CCCCC/C=C\C/C=C\C/C=C\C/C=C\CCCCCCCC(=O)OC(CCCCCCCCCCCC)CCCCCCCCC(=O)O. The largest absolute Gasteiger partial charge is 0.481 e. The van der Waals surface area contributed by atoms with Gasteiger partial charge in [0.05, 0.1) is 0 Å². The average molecular weight is 699 g/mol. The lowest BCUT2D eigenvalue weighted by Crippen LogP contribution is -2.18. The zero-order valence-corrected chi connectivity index (χ0v) is 33.2. The van der Waals surface area contributed by atoms with Crippen molar-refractivity contribution in [2.75, 3.05) is 0 Å². The van der Waals surface area contributed by atoms with Crippen LogP contribution in [-0.4, -0.2) is 23.1 Å². The second-order valence-electron chi connectivity index (χ2n) is 14.5. The van der Waals surface area contributed by atoms with Crippen LogP contribution in [0.25, 0.3) is 0 Å². The maximum absolute atomic E-state index is 12.7. The highest BCUT2D eigenvalue weighted by molar-refractivity contribution is 5.69. The van der Waals surface area contributed by atoms with E-state index in [1.165, 1.54) is 103 Å². The van der Waals surface area contributed by atoms with Crippen LogP contribution in [0.3, 0.4) is 0 Å². The molecule has 0 rings (SSSR count). The van der Waals surface area contributed by atoms with Gasteiger partial charge in [0.15, 0.2) is 0 Å². The molecule has 1 unspecified atom stereocenters. The van der Waals surface area contributed by atoms with Gasteiger partial charge in [-0.05, 0) is 83.5 Å². The van der Waals surface area contributed by atoms with Crippen LogP contribution in [0.4, 0.5) is 0 Å². The third-order valence-corrected chi connectivity index (χ3v) is 9.55. The van der Waals surface area contributed by atoms with Crippen molar-refractivity contribution in [3.63, 3.8) is 0 Å². The summed E-state index contributed by atoms with van der Waals surface area (Å²) in [5.74, 6) is -0.697. The third-order valence-electron chi connectivity index (χ3n) is 9.55. The van der Waals surface area contributed by atoms with E-state index in [1.54, 1.807) is 0 Å². The first-order valence-corrected chi connectivity index (χ1v) is 21.6. The molecule has 0 aliphatic carbocycles. The highest BCUT2D eigenvalue weighted by Crippen LogP contribution is 2.19. The summed E-state index contributed by atoms with van der Waals surface area (Å²) in [5.41, 5.74) is 0. The van der Waals surface area contributed by atoms with Crippen molar-refractivity contribution < 1.29 is 19.4 Å². The van der Waals surface area contributed by atoms with Gasteiger partial charge in [-0.2, -0.15) is 0 Å². The van der Waals surface area contributed by atoms with E-state index in [0.717, 1.165) is 96.3 Å². The molecular formula is C46H82O4. The number of aliphatic carboxylic acids is 1. The molecule has 4 heteroatoms. The molecule has 0 spiro atoms. The zero-order chi connectivity index (χ0) is 36.4. The average Bonchev–Trinajstić information content (AvgIpc) is 3.10. The zero-order valence-electron chi connectivity index (χ0n) is 33.2. The first kappa shape index (κ1) is 47.9. The van der Waals surface area contributed by atoms with E-state index in [2.05, 4.69) is 62.5 Å². The van der Waals surface area contributed by atoms with Crippen molar-refractivity contribution in [3.05, 3.63) is 48.6 Å². The summed E-state index contributed by atoms with van der Waals surface area (Å²) in [6, 6.07) is 0. The molecule has 0 fully saturated rings. The number of carbonyl (C=O) groups is 2. The predicted molar refractivity (Wildman–Crippen MR) is 218 cm³/mol. The Morgan fingerprint density at radius 3 is 1.24 bits per heavy atom. The molecule has 0 amide bonds. The number of esters is 1. The number of unbranched alkanes of at least 4 members (excludes halogenated alkanes) is 22. The Kier molecular flexibility index (Phi) is 39.6. The molecule has 50 heavy (non-hydrogen) atoms. The predicted octanol–water partition coefficient (Wildman–Crippen LogP) is 15.1. The van der Waals surface area contributed by atoms with Crippen molar-refractivity contribution in [2.45, 2.75) is 232 Å². The van der Waals surface area contributed by atoms with Crippen LogP contribution in [0.5, 0.6) is 0 Å². The summed E-state index contributed by atoms with van der Waals surface area (Å²) in [6.07, 6.45) is 55.6. The van der Waals surface area contributed by atoms with E-state index >= 15 is 0 Å². The second kappa shape index (κ2) is 41.3. The van der Waals surface area contributed by atoms with Crippen LogP contribution in [-0.2, 0) is 14.3 Å². The molecule has 1 atom stereocenters. The molecule has 0 aliphatic rings. The maximum Gasteiger partial charge on any atom is 0.306 e. The number of rotatable bonds is 39. The van der Waals surface area contributed by atoms with E-state index in [0.29, 0.717) is 6.42 Å². The number of hydrogen-bond donors (Lipinski definition) is 1. The fourth-order valence-corrected chi connectivity index (χ4v) is 6.34. The Morgan fingerprint density at radius 1 is 0.440 bits per heavy atom. The second-order valence-corrected chi connectivity index (χ2v) is 14.5. The standard InChI is InChI=1S/C46H82O4/c1-3-5-7-9-11-13-15-16-17-18-19-20-21-22-23-24-25-27-29-35-39-43-46(49)50-44(41-37-33-30-31-34-38-42-45(47)48)40-36-32-28-26-14-12-10-8-6-4-2/h11,13,16-17,19-20,22-23,44H,3-10,12,14-15,18,21,24-43H2,1-2H3,(H,47,48)/b13-11-,17-16-,20-19-,23-22-. The van der Waals surface area contributed by atoms with Crippen molar-refractivity contribution in [2.24, 2.45) is 0 Å². The monoisotopic (exact) mass is 699 g/mol. The first-order valence-electron chi connectivity index (χ1n) is 21.6. The van der Waals surface area contributed by atoms with Gasteiger partial charge in [-0.15, -0.1) is 0 Å². The molecule has 0 aromatic rings. The topological polar surface area (TPSA) is 63.6 Å². The Balaban J connectivity index is 4.03. The number of allylic oxidation sites excluding steroid dienone is 8. The van der Waals surface area contributed by atoms with Gasteiger partial charge in [0.1, 0.15) is 6.10 Å². The first-order chi connectivity index (χ1) is 24.6.